The van der Waals surface area contributed by atoms with Gasteiger partial charge in [-0.3, -0.25) is 9.59 Å². The molecule has 0 aliphatic heterocycles. The molecular weight excluding hydrogens is 223 g/mol. The molecule has 0 aromatic rings. The van der Waals surface area contributed by atoms with Crippen LogP contribution in [0, 0.1) is 0 Å². The second kappa shape index (κ2) is 6.72. The molecule has 0 fully saturated rings. The third-order valence-electron chi connectivity index (χ3n) is 0.760. The fourth-order valence-corrected chi connectivity index (χ4v) is 0.508. The first-order chi connectivity index (χ1) is 4.52. The molecule has 62 valence electrons. The summed E-state index contributed by atoms with van der Waals surface area (Å²) in [7, 11) is 0. The molecule has 0 amide bonds. The zero-order valence-electron chi connectivity index (χ0n) is 7.01. The van der Waals surface area contributed by atoms with E-state index in [4.69, 9.17) is 4.74 Å². The molecule has 0 saturated carbocycles. The monoisotopic (exact) mass is 234 g/mol. The fraction of sp³-hybridized carbons (Fsp3) is 0.714. The average molecular weight is 235 g/mol. The first-order valence-corrected chi connectivity index (χ1v) is 3.21. The van der Waals surface area contributed by atoms with Gasteiger partial charge in [0.25, 0.3) is 0 Å². The summed E-state index contributed by atoms with van der Waals surface area (Å²) < 4.78 is 4.70. The maximum atomic E-state index is 10.6. The first kappa shape index (κ1) is 13.6. The van der Waals surface area contributed by atoms with Crippen LogP contribution < -0.4 is 0 Å². The number of carbonyl (C=O) groups excluding carboxylic acids is 2. The Morgan fingerprint density at radius 3 is 2.09 bits per heavy atom. The molecule has 0 bridgehead atoms. The van der Waals surface area contributed by atoms with E-state index in [2.05, 4.69) is 0 Å². The number of ketones is 1. The van der Waals surface area contributed by atoms with Crippen molar-refractivity contribution in [1.29, 1.82) is 0 Å². The molecule has 4 heteroatoms. The Hall–Kier alpha value is 0.0231. The van der Waals surface area contributed by atoms with Gasteiger partial charge in [-0.1, -0.05) is 0 Å². The largest absolute Gasteiger partial charge is 0.463 e. The van der Waals surface area contributed by atoms with Gasteiger partial charge in [0.05, 0.1) is 6.10 Å². The second-order valence-electron chi connectivity index (χ2n) is 2.42. The molecule has 11 heavy (non-hydrogen) atoms. The zero-order chi connectivity index (χ0) is 8.15. The third-order valence-corrected chi connectivity index (χ3v) is 0.760. The van der Waals surface area contributed by atoms with E-state index in [-0.39, 0.29) is 44.5 Å². The van der Waals surface area contributed by atoms with Crippen molar-refractivity contribution in [2.75, 3.05) is 0 Å². The minimum atomic E-state index is -0.442. The van der Waals surface area contributed by atoms with Crippen molar-refractivity contribution in [2.24, 2.45) is 0 Å². The SMILES string of the molecule is CC(=O)CC(=O)OC(C)C.[Zr]. The summed E-state index contributed by atoms with van der Waals surface area (Å²) in [6.45, 7) is 4.86. The van der Waals surface area contributed by atoms with Crippen molar-refractivity contribution in [1.82, 2.24) is 0 Å². The van der Waals surface area contributed by atoms with Gasteiger partial charge in [-0.05, 0) is 20.8 Å². The zero-order valence-corrected chi connectivity index (χ0v) is 9.47. The molecule has 0 rings (SSSR count). The summed E-state index contributed by atoms with van der Waals surface area (Å²) in [5.41, 5.74) is 0. The van der Waals surface area contributed by atoms with E-state index >= 15 is 0 Å². The third kappa shape index (κ3) is 10.0. The summed E-state index contributed by atoms with van der Waals surface area (Å²) in [5.74, 6) is -0.604. The molecule has 3 nitrogen and oxygen atoms in total. The Labute approximate surface area is 85.6 Å². The Kier molecular flexibility index (Phi) is 8.30. The van der Waals surface area contributed by atoms with Gasteiger partial charge in [0.15, 0.2) is 0 Å². The van der Waals surface area contributed by atoms with Gasteiger partial charge in [0.1, 0.15) is 12.2 Å². The molecule has 0 aromatic carbocycles. The number of hydrogen-bond acceptors (Lipinski definition) is 3. The summed E-state index contributed by atoms with van der Waals surface area (Å²) in [5, 5.41) is 0. The molecule has 0 unspecified atom stereocenters. The Balaban J connectivity index is 0. The number of carbonyl (C=O) groups is 2. The molecule has 0 spiro atoms. The summed E-state index contributed by atoms with van der Waals surface area (Å²) in [6, 6.07) is 0. The van der Waals surface area contributed by atoms with Crippen LogP contribution in [-0.2, 0) is 40.5 Å². The quantitative estimate of drug-likeness (QED) is 0.539. The van der Waals surface area contributed by atoms with Crippen molar-refractivity contribution in [2.45, 2.75) is 33.3 Å². The number of ether oxygens (including phenoxy) is 1. The van der Waals surface area contributed by atoms with Crippen LogP contribution in [0.1, 0.15) is 27.2 Å². The minimum absolute atomic E-state index is 0. The smallest absolute Gasteiger partial charge is 0.313 e. The van der Waals surface area contributed by atoms with Gasteiger partial charge >= 0.3 is 5.97 Å². The Bertz CT molecular complexity index is 143. The van der Waals surface area contributed by atoms with Crippen molar-refractivity contribution in [3.05, 3.63) is 0 Å². The van der Waals surface area contributed by atoms with Crippen LogP contribution in [0.3, 0.4) is 0 Å². The fourth-order valence-electron chi connectivity index (χ4n) is 0.508. The number of esters is 1. The Morgan fingerprint density at radius 2 is 1.82 bits per heavy atom. The van der Waals surface area contributed by atoms with Crippen molar-refractivity contribution in [3.63, 3.8) is 0 Å². The number of rotatable bonds is 3. The maximum absolute atomic E-state index is 10.6. The van der Waals surface area contributed by atoms with E-state index in [1.54, 1.807) is 13.8 Å². The molecule has 0 heterocycles. The van der Waals surface area contributed by atoms with Crippen LogP contribution in [0.5, 0.6) is 0 Å². The van der Waals surface area contributed by atoms with Crippen LogP contribution in [0.4, 0.5) is 0 Å². The van der Waals surface area contributed by atoms with Gasteiger partial charge in [-0.2, -0.15) is 0 Å². The van der Waals surface area contributed by atoms with Crippen molar-refractivity contribution >= 4 is 11.8 Å². The predicted molar refractivity (Wildman–Crippen MR) is 36.5 cm³/mol. The molecule has 0 atom stereocenters. The van der Waals surface area contributed by atoms with Gasteiger partial charge in [0, 0.05) is 26.2 Å². The van der Waals surface area contributed by atoms with E-state index < -0.39 is 5.97 Å². The molecule has 0 radical (unpaired) electrons. The standard InChI is InChI=1S/C7H12O3.Zr/c1-5(2)10-7(9)4-6(3)8;/h5H,4H2,1-3H3;. The first-order valence-electron chi connectivity index (χ1n) is 3.21. The topological polar surface area (TPSA) is 43.4 Å². The molecule has 0 aromatic heterocycles. The summed E-state index contributed by atoms with van der Waals surface area (Å²) in [6.07, 6.45) is -0.245. The molecule has 0 aliphatic carbocycles. The van der Waals surface area contributed by atoms with E-state index in [1.165, 1.54) is 6.92 Å². The molecular formula is C7H12O3Zr. The molecule has 0 saturated heterocycles. The van der Waals surface area contributed by atoms with Crippen LogP contribution >= 0.6 is 0 Å². The maximum Gasteiger partial charge on any atom is 0.313 e. The summed E-state index contributed by atoms with van der Waals surface area (Å²) in [4.78, 5) is 21.0. The van der Waals surface area contributed by atoms with E-state index in [0.717, 1.165) is 0 Å². The number of hydrogen-bond donors (Lipinski definition) is 0. The van der Waals surface area contributed by atoms with Gasteiger partial charge in [0.2, 0.25) is 0 Å². The van der Waals surface area contributed by atoms with E-state index in [1.807, 2.05) is 0 Å². The predicted octanol–water partition coefficient (Wildman–Crippen LogP) is 0.915. The summed E-state index contributed by atoms with van der Waals surface area (Å²) >= 11 is 0. The van der Waals surface area contributed by atoms with Crippen LogP contribution in [0.2, 0.25) is 0 Å². The van der Waals surface area contributed by atoms with Crippen molar-refractivity contribution < 1.29 is 40.5 Å². The van der Waals surface area contributed by atoms with Crippen LogP contribution in [0.25, 0.3) is 0 Å². The molecule has 0 aliphatic rings. The minimum Gasteiger partial charge on any atom is -0.463 e. The van der Waals surface area contributed by atoms with Crippen molar-refractivity contribution in [3.8, 4) is 0 Å². The second-order valence-corrected chi connectivity index (χ2v) is 2.42. The van der Waals surface area contributed by atoms with E-state index in [0.29, 0.717) is 0 Å². The van der Waals surface area contributed by atoms with Gasteiger partial charge in [-0.25, -0.2) is 0 Å². The van der Waals surface area contributed by atoms with Crippen LogP contribution in [0.15, 0.2) is 0 Å². The number of Topliss-reactive ketones (excluding diaryl/α,β-unsaturated/α-hetero) is 1. The normalized spacial score (nSPS) is 8.73. The van der Waals surface area contributed by atoms with E-state index in [9.17, 15) is 9.59 Å². The van der Waals surface area contributed by atoms with Gasteiger partial charge < -0.3 is 4.74 Å². The average Bonchev–Trinajstić information content (AvgIpc) is 1.58. The van der Waals surface area contributed by atoms with Crippen LogP contribution in [-0.4, -0.2) is 17.9 Å². The molecule has 0 N–H and O–H groups in total. The Morgan fingerprint density at radius 1 is 1.36 bits per heavy atom. The van der Waals surface area contributed by atoms with Gasteiger partial charge in [-0.15, -0.1) is 0 Å².